The first-order valence-corrected chi connectivity index (χ1v) is 4.51. The Bertz CT molecular complexity index is 362. The molecular formula is C10H8ClFO. The third-order valence-electron chi connectivity index (χ3n) is 2.30. The molecule has 1 nitrogen and oxygen atoms in total. The van der Waals surface area contributed by atoms with E-state index in [-0.39, 0.29) is 12.2 Å². The van der Waals surface area contributed by atoms with Crippen LogP contribution in [0.4, 0.5) is 4.39 Å². The molecule has 0 amide bonds. The second kappa shape index (κ2) is 3.11. The third-order valence-corrected chi connectivity index (χ3v) is 2.54. The molecule has 1 aromatic rings. The molecule has 1 atom stereocenters. The summed E-state index contributed by atoms with van der Waals surface area (Å²) in [5.74, 6) is -0.324. The Balaban J connectivity index is 2.49. The van der Waals surface area contributed by atoms with Gasteiger partial charge in [0.05, 0.1) is 0 Å². The monoisotopic (exact) mass is 198 g/mol. The summed E-state index contributed by atoms with van der Waals surface area (Å²) >= 11 is 5.75. The van der Waals surface area contributed by atoms with Crippen molar-refractivity contribution in [3.05, 3.63) is 34.3 Å². The van der Waals surface area contributed by atoms with Crippen LogP contribution in [0.3, 0.4) is 0 Å². The molecule has 3 heteroatoms. The summed E-state index contributed by atoms with van der Waals surface area (Å²) in [4.78, 5) is 11.0. The van der Waals surface area contributed by atoms with Crippen molar-refractivity contribution in [2.24, 2.45) is 0 Å². The summed E-state index contributed by atoms with van der Waals surface area (Å²) < 4.78 is 13.3. The minimum atomic E-state index is -1.44. The summed E-state index contributed by atoms with van der Waals surface area (Å²) in [6.45, 7) is 0. The van der Waals surface area contributed by atoms with Crippen molar-refractivity contribution in [3.63, 3.8) is 0 Å². The first-order chi connectivity index (χ1) is 6.18. The largest absolute Gasteiger partial charge is 0.296 e. The number of benzene rings is 1. The van der Waals surface area contributed by atoms with E-state index in [2.05, 4.69) is 0 Å². The van der Waals surface area contributed by atoms with Gasteiger partial charge in [-0.25, -0.2) is 4.39 Å². The summed E-state index contributed by atoms with van der Waals surface area (Å²) in [6, 6.07) is 4.95. The lowest BCUT2D eigenvalue weighted by Gasteiger charge is -2.18. The fraction of sp³-hybridized carbons (Fsp3) is 0.300. The van der Waals surface area contributed by atoms with E-state index >= 15 is 0 Å². The Labute approximate surface area is 80.5 Å². The van der Waals surface area contributed by atoms with Crippen molar-refractivity contribution in [1.29, 1.82) is 0 Å². The van der Waals surface area contributed by atoms with Crippen LogP contribution in [0.15, 0.2) is 18.2 Å². The second-order valence-corrected chi connectivity index (χ2v) is 3.61. The van der Waals surface area contributed by atoms with Crippen molar-refractivity contribution in [2.75, 3.05) is 0 Å². The lowest BCUT2D eigenvalue weighted by Crippen LogP contribution is -2.16. The number of ketones is 1. The molecule has 2 rings (SSSR count). The number of Topliss-reactive ketones (excluding diaryl/α,β-unsaturated/α-hetero) is 1. The molecule has 0 bridgehead atoms. The van der Waals surface area contributed by atoms with E-state index in [1.165, 1.54) is 0 Å². The van der Waals surface area contributed by atoms with Crippen LogP contribution in [0.2, 0.25) is 5.02 Å². The molecule has 0 fully saturated rings. The zero-order chi connectivity index (χ0) is 9.42. The number of carbonyl (C=O) groups is 1. The second-order valence-electron chi connectivity index (χ2n) is 3.17. The van der Waals surface area contributed by atoms with Crippen LogP contribution in [0, 0.1) is 0 Å². The maximum Gasteiger partial charge on any atom is 0.183 e. The molecule has 0 spiro atoms. The predicted molar refractivity (Wildman–Crippen MR) is 48.6 cm³/mol. The zero-order valence-electron chi connectivity index (χ0n) is 6.89. The van der Waals surface area contributed by atoms with Gasteiger partial charge >= 0.3 is 0 Å². The molecular weight excluding hydrogens is 191 g/mol. The lowest BCUT2D eigenvalue weighted by molar-refractivity contribution is -0.124. The van der Waals surface area contributed by atoms with Crippen LogP contribution < -0.4 is 0 Å². The molecule has 0 heterocycles. The van der Waals surface area contributed by atoms with E-state index in [1.807, 2.05) is 0 Å². The van der Waals surface area contributed by atoms with Crippen molar-refractivity contribution in [2.45, 2.75) is 19.0 Å². The third kappa shape index (κ3) is 1.46. The maximum absolute atomic E-state index is 13.3. The summed E-state index contributed by atoms with van der Waals surface area (Å²) in [7, 11) is 0. The highest BCUT2D eigenvalue weighted by molar-refractivity contribution is 6.30. The van der Waals surface area contributed by atoms with E-state index in [0.717, 1.165) is 5.56 Å². The van der Waals surface area contributed by atoms with Crippen LogP contribution in [0.5, 0.6) is 0 Å². The first-order valence-electron chi connectivity index (χ1n) is 4.13. The van der Waals surface area contributed by atoms with Gasteiger partial charge in [0, 0.05) is 11.4 Å². The highest BCUT2D eigenvalue weighted by atomic mass is 35.5. The standard InChI is InChI=1S/C10H8ClFO/c11-7-2-3-8-6(5-7)1-4-9(13)10(8)12/h2-3,5,10H,1,4H2. The summed E-state index contributed by atoms with van der Waals surface area (Å²) in [6.07, 6.45) is -0.551. The van der Waals surface area contributed by atoms with E-state index < -0.39 is 6.17 Å². The van der Waals surface area contributed by atoms with Crippen LogP contribution in [-0.2, 0) is 11.2 Å². The molecule has 0 radical (unpaired) electrons. The molecule has 0 aromatic heterocycles. The van der Waals surface area contributed by atoms with Crippen molar-refractivity contribution >= 4 is 17.4 Å². The van der Waals surface area contributed by atoms with Crippen molar-refractivity contribution in [1.82, 2.24) is 0 Å². The van der Waals surface area contributed by atoms with Gasteiger partial charge in [-0.2, -0.15) is 0 Å². The Hall–Kier alpha value is -0.890. The molecule has 0 saturated carbocycles. The Morgan fingerprint density at radius 1 is 1.38 bits per heavy atom. The van der Waals surface area contributed by atoms with Gasteiger partial charge < -0.3 is 0 Å². The number of fused-ring (bicyclic) bond motifs is 1. The Morgan fingerprint density at radius 2 is 2.15 bits per heavy atom. The molecule has 1 aliphatic rings. The van der Waals surface area contributed by atoms with Crippen molar-refractivity contribution < 1.29 is 9.18 Å². The van der Waals surface area contributed by atoms with Gasteiger partial charge in [-0.05, 0) is 29.7 Å². The van der Waals surface area contributed by atoms with Crippen molar-refractivity contribution in [3.8, 4) is 0 Å². The smallest absolute Gasteiger partial charge is 0.183 e. The minimum Gasteiger partial charge on any atom is -0.296 e. The number of halogens is 2. The topological polar surface area (TPSA) is 17.1 Å². The molecule has 13 heavy (non-hydrogen) atoms. The number of hydrogen-bond donors (Lipinski definition) is 0. The van der Waals surface area contributed by atoms with Crippen LogP contribution in [-0.4, -0.2) is 5.78 Å². The molecule has 1 aliphatic carbocycles. The molecule has 68 valence electrons. The molecule has 1 unspecified atom stereocenters. The molecule has 0 saturated heterocycles. The van der Waals surface area contributed by atoms with Gasteiger partial charge in [0.15, 0.2) is 12.0 Å². The van der Waals surface area contributed by atoms with E-state index in [0.29, 0.717) is 17.0 Å². The normalized spacial score (nSPS) is 21.4. The number of hydrogen-bond acceptors (Lipinski definition) is 1. The number of aryl methyl sites for hydroxylation is 1. The van der Waals surface area contributed by atoms with E-state index in [1.54, 1.807) is 18.2 Å². The van der Waals surface area contributed by atoms with Gasteiger partial charge in [0.1, 0.15) is 0 Å². The van der Waals surface area contributed by atoms with Gasteiger partial charge in [-0.3, -0.25) is 4.79 Å². The maximum atomic E-state index is 13.3. The summed E-state index contributed by atoms with van der Waals surface area (Å²) in [5, 5.41) is 0.597. The number of carbonyl (C=O) groups excluding carboxylic acids is 1. The first kappa shape index (κ1) is 8.70. The van der Waals surface area contributed by atoms with Gasteiger partial charge in [-0.15, -0.1) is 0 Å². The molecule has 0 aliphatic heterocycles. The predicted octanol–water partition coefficient (Wildman–Crippen LogP) is 2.87. The average molecular weight is 199 g/mol. The fourth-order valence-electron chi connectivity index (χ4n) is 1.60. The van der Waals surface area contributed by atoms with Gasteiger partial charge in [0.2, 0.25) is 0 Å². The number of rotatable bonds is 0. The lowest BCUT2D eigenvalue weighted by atomic mass is 9.89. The Kier molecular flexibility index (Phi) is 2.08. The number of alkyl halides is 1. The van der Waals surface area contributed by atoms with Gasteiger partial charge in [-0.1, -0.05) is 17.7 Å². The van der Waals surface area contributed by atoms with Crippen LogP contribution in [0.25, 0.3) is 0 Å². The minimum absolute atomic E-state index is 0.286. The van der Waals surface area contributed by atoms with E-state index in [4.69, 9.17) is 11.6 Å². The van der Waals surface area contributed by atoms with Crippen LogP contribution >= 0.6 is 11.6 Å². The highest BCUT2D eigenvalue weighted by Crippen LogP contribution is 2.31. The summed E-state index contributed by atoms with van der Waals surface area (Å²) in [5.41, 5.74) is 1.35. The van der Waals surface area contributed by atoms with Gasteiger partial charge in [0.25, 0.3) is 0 Å². The highest BCUT2D eigenvalue weighted by Gasteiger charge is 2.26. The Morgan fingerprint density at radius 3 is 2.92 bits per heavy atom. The molecule has 1 aromatic carbocycles. The van der Waals surface area contributed by atoms with E-state index in [9.17, 15) is 9.18 Å². The zero-order valence-corrected chi connectivity index (χ0v) is 7.64. The SMILES string of the molecule is O=C1CCc2cc(Cl)ccc2C1F. The molecule has 0 N–H and O–H groups in total. The quantitative estimate of drug-likeness (QED) is 0.627. The fourth-order valence-corrected chi connectivity index (χ4v) is 1.79. The van der Waals surface area contributed by atoms with Crippen LogP contribution in [0.1, 0.15) is 23.7 Å². The average Bonchev–Trinajstić information content (AvgIpc) is 2.12.